The summed E-state index contributed by atoms with van der Waals surface area (Å²) < 4.78 is 17.3. The van der Waals surface area contributed by atoms with E-state index in [1.807, 2.05) is 19.1 Å². The maximum Gasteiger partial charge on any atom is 0.296 e. The molecule has 1 N–H and O–H groups in total. The third kappa shape index (κ3) is 5.01. The van der Waals surface area contributed by atoms with Crippen molar-refractivity contribution >= 4 is 50.9 Å². The summed E-state index contributed by atoms with van der Waals surface area (Å²) in [6.07, 6.45) is 0. The van der Waals surface area contributed by atoms with E-state index in [1.54, 1.807) is 48.5 Å². The molecule has 9 nitrogen and oxygen atoms in total. The van der Waals surface area contributed by atoms with Crippen molar-refractivity contribution in [2.45, 2.75) is 23.1 Å². The van der Waals surface area contributed by atoms with Crippen molar-refractivity contribution in [3.63, 3.8) is 0 Å². The Bertz CT molecular complexity index is 1840. The van der Waals surface area contributed by atoms with Gasteiger partial charge in [-0.3, -0.25) is 14.5 Å². The smallest absolute Gasteiger partial charge is 0.296 e. The monoisotopic (exact) mass is 599 g/mol. The predicted octanol–water partition coefficient (Wildman–Crippen LogP) is 6.69. The number of amides is 1. The quantitative estimate of drug-likeness (QED) is 0.112. The van der Waals surface area contributed by atoms with Gasteiger partial charge in [0, 0.05) is 11.1 Å². The third-order valence-electron chi connectivity index (χ3n) is 6.90. The number of furan rings is 1. The summed E-state index contributed by atoms with van der Waals surface area (Å²) >= 11 is 2.70. The Morgan fingerprint density at radius 2 is 1.83 bits per heavy atom. The first kappa shape index (κ1) is 27.6. The molecule has 5 aromatic rings. The van der Waals surface area contributed by atoms with Crippen LogP contribution in [0.25, 0.3) is 11.0 Å². The summed E-state index contributed by atoms with van der Waals surface area (Å²) in [5.74, 6) is -0.445. The second-order valence-electron chi connectivity index (χ2n) is 9.56. The molecule has 0 fully saturated rings. The molecule has 212 valence electrons. The normalized spacial score (nSPS) is 15.1. The topological polar surface area (TPSA) is 115 Å². The number of thioether (sulfide) groups is 1. The van der Waals surface area contributed by atoms with Gasteiger partial charge in [0.2, 0.25) is 10.9 Å². The standard InChI is InChI=1S/C31H25N3O6S2/c1-17-10-12-18(13-11-17)16-41-31-33-32-30(42-31)34-25(19-6-4-8-21(14-19)38-2)24(27(36)29(34)37)26(35)23-15-20-7-5-9-22(39-3)28(20)40-23/h4-15,25,36H,16H2,1-3H3. The third-order valence-corrected chi connectivity index (χ3v) is 9.03. The number of aryl methyl sites for hydroxylation is 1. The largest absolute Gasteiger partial charge is 0.503 e. The van der Waals surface area contributed by atoms with Crippen LogP contribution in [0.5, 0.6) is 11.5 Å². The number of Topliss-reactive ketones (excluding diaryl/α,β-unsaturated/α-hetero) is 1. The van der Waals surface area contributed by atoms with Crippen LogP contribution in [0, 0.1) is 6.92 Å². The minimum absolute atomic E-state index is 0.0368. The molecule has 0 radical (unpaired) electrons. The Morgan fingerprint density at radius 1 is 1.05 bits per heavy atom. The van der Waals surface area contributed by atoms with Gasteiger partial charge < -0.3 is 19.0 Å². The number of fused-ring (bicyclic) bond motifs is 1. The van der Waals surface area contributed by atoms with Gasteiger partial charge in [-0.05, 0) is 42.3 Å². The van der Waals surface area contributed by atoms with E-state index in [1.165, 1.54) is 47.8 Å². The number of aliphatic hydroxyl groups excluding tert-OH is 1. The van der Waals surface area contributed by atoms with E-state index in [2.05, 4.69) is 22.3 Å². The van der Waals surface area contributed by atoms with Crippen LogP contribution in [0.15, 0.2) is 92.9 Å². The maximum absolute atomic E-state index is 14.0. The molecule has 6 rings (SSSR count). The van der Waals surface area contributed by atoms with Crippen LogP contribution in [0.3, 0.4) is 0 Å². The van der Waals surface area contributed by atoms with Crippen LogP contribution in [0.4, 0.5) is 5.13 Å². The van der Waals surface area contributed by atoms with E-state index in [-0.39, 0.29) is 16.5 Å². The van der Waals surface area contributed by atoms with Crippen molar-refractivity contribution in [3.8, 4) is 11.5 Å². The van der Waals surface area contributed by atoms with Crippen molar-refractivity contribution in [2.75, 3.05) is 19.1 Å². The lowest BCUT2D eigenvalue weighted by molar-refractivity contribution is -0.117. The number of carbonyl (C=O) groups is 2. The van der Waals surface area contributed by atoms with Crippen LogP contribution >= 0.6 is 23.1 Å². The minimum atomic E-state index is -1.00. The zero-order valence-corrected chi connectivity index (χ0v) is 24.5. The summed E-state index contributed by atoms with van der Waals surface area (Å²) in [5, 5.41) is 20.6. The highest BCUT2D eigenvalue weighted by atomic mass is 32.2. The second-order valence-corrected chi connectivity index (χ2v) is 11.7. The van der Waals surface area contributed by atoms with E-state index in [4.69, 9.17) is 13.9 Å². The maximum atomic E-state index is 14.0. The number of methoxy groups -OCH3 is 2. The van der Waals surface area contributed by atoms with Crippen LogP contribution in [0.2, 0.25) is 0 Å². The van der Waals surface area contributed by atoms with Crippen LogP contribution in [-0.4, -0.2) is 41.2 Å². The van der Waals surface area contributed by atoms with E-state index in [0.717, 1.165) is 5.56 Å². The van der Waals surface area contributed by atoms with Crippen LogP contribution < -0.4 is 14.4 Å². The molecule has 1 aliphatic heterocycles. The number of benzene rings is 3. The molecule has 1 atom stereocenters. The summed E-state index contributed by atoms with van der Waals surface area (Å²) in [7, 11) is 3.04. The van der Waals surface area contributed by atoms with Gasteiger partial charge in [0.15, 0.2) is 27.2 Å². The zero-order chi connectivity index (χ0) is 29.4. The SMILES string of the molecule is COc1cccc(C2C(C(=O)c3cc4cccc(OC)c4o3)=C(O)C(=O)N2c2nnc(SCc3ccc(C)cc3)s2)c1. The summed E-state index contributed by atoms with van der Waals surface area (Å²) in [6.45, 7) is 2.03. The van der Waals surface area contributed by atoms with Gasteiger partial charge in [-0.1, -0.05) is 77.2 Å². The molecule has 11 heteroatoms. The fourth-order valence-corrected chi connectivity index (χ4v) is 6.61. The Labute approximate surface area is 249 Å². The number of rotatable bonds is 9. The van der Waals surface area contributed by atoms with Gasteiger partial charge in [0.05, 0.1) is 25.8 Å². The molecule has 3 aromatic carbocycles. The van der Waals surface area contributed by atoms with Crippen molar-refractivity contribution in [1.82, 2.24) is 10.2 Å². The van der Waals surface area contributed by atoms with E-state index >= 15 is 0 Å². The number of carbonyl (C=O) groups excluding carboxylic acids is 2. The number of ether oxygens (including phenoxy) is 2. The Morgan fingerprint density at radius 3 is 2.60 bits per heavy atom. The highest BCUT2D eigenvalue weighted by Gasteiger charge is 2.47. The molecule has 3 heterocycles. The second kappa shape index (κ2) is 11.3. The number of aromatic nitrogens is 2. The molecule has 42 heavy (non-hydrogen) atoms. The molecule has 1 aliphatic rings. The zero-order valence-electron chi connectivity index (χ0n) is 22.9. The lowest BCUT2D eigenvalue weighted by atomic mass is 9.95. The number of nitrogens with zero attached hydrogens (tertiary/aromatic N) is 3. The lowest BCUT2D eigenvalue weighted by Gasteiger charge is -2.24. The van der Waals surface area contributed by atoms with E-state index < -0.39 is 23.5 Å². The molecule has 0 saturated heterocycles. The fourth-order valence-electron chi connectivity index (χ4n) is 4.79. The number of aliphatic hydroxyl groups is 1. The van der Waals surface area contributed by atoms with Gasteiger partial charge in [0.1, 0.15) is 5.75 Å². The van der Waals surface area contributed by atoms with E-state index in [0.29, 0.717) is 38.1 Å². The first-order valence-electron chi connectivity index (χ1n) is 12.9. The molecule has 1 unspecified atom stereocenters. The molecule has 0 aliphatic carbocycles. The predicted molar refractivity (Wildman–Crippen MR) is 161 cm³/mol. The molecule has 0 spiro atoms. The van der Waals surface area contributed by atoms with Gasteiger partial charge in [-0.2, -0.15) is 0 Å². The average Bonchev–Trinajstić information content (AvgIpc) is 3.73. The van der Waals surface area contributed by atoms with Crippen molar-refractivity contribution in [1.29, 1.82) is 0 Å². The van der Waals surface area contributed by atoms with Crippen molar-refractivity contribution in [3.05, 3.63) is 107 Å². The lowest BCUT2D eigenvalue weighted by Crippen LogP contribution is -2.31. The number of hydrogen-bond acceptors (Lipinski definition) is 10. The highest BCUT2D eigenvalue weighted by molar-refractivity contribution is 8.00. The molecule has 2 aromatic heterocycles. The van der Waals surface area contributed by atoms with Gasteiger partial charge in [-0.25, -0.2) is 0 Å². The molecule has 0 bridgehead atoms. The van der Waals surface area contributed by atoms with Crippen LogP contribution in [-0.2, 0) is 10.5 Å². The average molecular weight is 600 g/mol. The molecule has 0 saturated carbocycles. The number of anilines is 1. The summed E-state index contributed by atoms with van der Waals surface area (Å²) in [6, 6.07) is 21.1. The van der Waals surface area contributed by atoms with Crippen molar-refractivity contribution < 1.29 is 28.6 Å². The Hall–Kier alpha value is -4.61. The van der Waals surface area contributed by atoms with Gasteiger partial charge in [-0.15, -0.1) is 10.2 Å². The van der Waals surface area contributed by atoms with E-state index in [9.17, 15) is 14.7 Å². The fraction of sp³-hybridized carbons (Fsp3) is 0.161. The van der Waals surface area contributed by atoms with Gasteiger partial charge in [0.25, 0.3) is 5.91 Å². The minimum Gasteiger partial charge on any atom is -0.503 e. The molecular weight excluding hydrogens is 574 g/mol. The number of hydrogen-bond donors (Lipinski definition) is 1. The van der Waals surface area contributed by atoms with Crippen LogP contribution in [0.1, 0.15) is 33.3 Å². The first-order chi connectivity index (χ1) is 20.4. The number of ketones is 1. The number of para-hydroxylation sites is 1. The Kier molecular flexibility index (Phi) is 7.44. The Balaban J connectivity index is 1.38. The highest BCUT2D eigenvalue weighted by Crippen LogP contribution is 2.45. The van der Waals surface area contributed by atoms with Crippen molar-refractivity contribution in [2.24, 2.45) is 0 Å². The first-order valence-corrected chi connectivity index (χ1v) is 14.7. The summed E-state index contributed by atoms with van der Waals surface area (Å²) in [4.78, 5) is 28.9. The van der Waals surface area contributed by atoms with Gasteiger partial charge >= 0.3 is 0 Å². The summed E-state index contributed by atoms with van der Waals surface area (Å²) in [5.41, 5.74) is 3.12. The molecular formula is C31H25N3O6S2. The molecule has 1 amide bonds.